The predicted octanol–water partition coefficient (Wildman–Crippen LogP) is 1.67. The van der Waals surface area contributed by atoms with E-state index in [1.807, 2.05) is 19.9 Å². The van der Waals surface area contributed by atoms with E-state index >= 15 is 0 Å². The Morgan fingerprint density at radius 1 is 1.54 bits per heavy atom. The fourth-order valence-electron chi connectivity index (χ4n) is 0.948. The number of hydrogen-bond acceptors (Lipinski definition) is 2. The first-order valence-corrected chi connectivity index (χ1v) is 4.41. The highest BCUT2D eigenvalue weighted by molar-refractivity contribution is 5.74. The average molecular weight is 181 g/mol. The van der Waals surface area contributed by atoms with Crippen LogP contribution >= 0.6 is 0 Å². The van der Waals surface area contributed by atoms with Crippen LogP contribution in [0.1, 0.15) is 33.6 Å². The van der Waals surface area contributed by atoms with E-state index < -0.39 is 11.4 Å². The molecule has 1 unspecified atom stereocenters. The third kappa shape index (κ3) is 3.92. The molecule has 0 saturated heterocycles. The second-order valence-electron chi connectivity index (χ2n) is 3.73. The van der Waals surface area contributed by atoms with Gasteiger partial charge in [-0.25, -0.2) is 0 Å². The summed E-state index contributed by atoms with van der Waals surface area (Å²) in [6.45, 7) is 9.12. The molecule has 0 rings (SSSR count). The topological polar surface area (TPSA) is 40.1 Å². The summed E-state index contributed by atoms with van der Waals surface area (Å²) in [6.07, 6.45) is 4.76. The summed E-state index contributed by atoms with van der Waals surface area (Å²) in [4.78, 5) is 10.7. The number of carboxylic acids is 1. The zero-order valence-electron chi connectivity index (χ0n) is 8.59. The van der Waals surface area contributed by atoms with Gasteiger partial charge in [0.2, 0.25) is 0 Å². The van der Waals surface area contributed by atoms with Gasteiger partial charge in [0.25, 0.3) is 0 Å². The quantitative estimate of drug-likeness (QED) is 0.605. The van der Waals surface area contributed by atoms with Gasteiger partial charge in [-0.1, -0.05) is 24.6 Å². The molecule has 2 heteroatoms. The van der Waals surface area contributed by atoms with E-state index in [9.17, 15) is 9.90 Å². The number of carbonyl (C=O) groups is 1. The van der Waals surface area contributed by atoms with Crippen LogP contribution in [0.3, 0.4) is 0 Å². The average Bonchev–Trinajstić information content (AvgIpc) is 2.03. The van der Waals surface area contributed by atoms with E-state index in [2.05, 4.69) is 6.58 Å². The Morgan fingerprint density at radius 3 is 2.38 bits per heavy atom. The minimum atomic E-state index is -1.05. The van der Waals surface area contributed by atoms with Crippen LogP contribution in [0.25, 0.3) is 0 Å². The Hall–Kier alpha value is -1.05. The molecule has 0 aliphatic heterocycles. The van der Waals surface area contributed by atoms with Crippen molar-refractivity contribution in [3.63, 3.8) is 0 Å². The van der Waals surface area contributed by atoms with Gasteiger partial charge in [0.1, 0.15) is 0 Å². The molecule has 74 valence electrons. The lowest BCUT2D eigenvalue weighted by Crippen LogP contribution is -2.38. The van der Waals surface area contributed by atoms with Crippen molar-refractivity contribution in [3.8, 4) is 0 Å². The van der Waals surface area contributed by atoms with Crippen molar-refractivity contribution in [1.82, 2.24) is 0 Å². The third-order valence-electron chi connectivity index (χ3n) is 2.13. The van der Waals surface area contributed by atoms with E-state index in [1.54, 1.807) is 6.92 Å². The van der Waals surface area contributed by atoms with Crippen molar-refractivity contribution >= 4 is 5.97 Å². The molecule has 13 heavy (non-hydrogen) atoms. The van der Waals surface area contributed by atoms with Crippen molar-refractivity contribution < 1.29 is 9.90 Å². The van der Waals surface area contributed by atoms with Crippen molar-refractivity contribution in [2.75, 3.05) is 0 Å². The fraction of sp³-hybridized carbons (Fsp3) is 0.545. The highest BCUT2D eigenvalue weighted by Gasteiger charge is 2.20. The Labute approximate surface area is 80.0 Å². The largest absolute Gasteiger partial charge is 0.549 e. The van der Waals surface area contributed by atoms with E-state index in [-0.39, 0.29) is 0 Å². The molecule has 0 fully saturated rings. The van der Waals surface area contributed by atoms with Crippen LogP contribution in [0.5, 0.6) is 0 Å². The summed E-state index contributed by atoms with van der Waals surface area (Å²) in [5.41, 5.74) is 0.302. The monoisotopic (exact) mass is 181 g/mol. The van der Waals surface area contributed by atoms with Gasteiger partial charge in [-0.15, -0.1) is 6.58 Å². The molecule has 0 bridgehead atoms. The van der Waals surface area contributed by atoms with Crippen LogP contribution in [-0.2, 0) is 4.79 Å². The molecular weight excluding hydrogens is 164 g/mol. The highest BCUT2D eigenvalue weighted by Crippen LogP contribution is 2.24. The van der Waals surface area contributed by atoms with Gasteiger partial charge in [-0.2, -0.15) is 0 Å². The number of allylic oxidation sites excluding steroid dienone is 2. The maximum absolute atomic E-state index is 10.7. The molecule has 0 aromatic carbocycles. The van der Waals surface area contributed by atoms with E-state index in [0.29, 0.717) is 6.42 Å². The van der Waals surface area contributed by atoms with Crippen LogP contribution in [0.2, 0.25) is 0 Å². The Morgan fingerprint density at radius 2 is 2.08 bits per heavy atom. The van der Waals surface area contributed by atoms with Gasteiger partial charge in [0.15, 0.2) is 0 Å². The molecule has 0 N–H and O–H groups in total. The Kier molecular flexibility index (Phi) is 4.46. The van der Waals surface area contributed by atoms with E-state index in [1.165, 1.54) is 11.6 Å². The van der Waals surface area contributed by atoms with Crippen molar-refractivity contribution in [2.45, 2.75) is 33.6 Å². The lowest BCUT2D eigenvalue weighted by Gasteiger charge is -2.26. The second kappa shape index (κ2) is 4.85. The number of rotatable bonds is 5. The van der Waals surface area contributed by atoms with Crippen LogP contribution in [0.4, 0.5) is 0 Å². The molecule has 1 atom stereocenters. The maximum atomic E-state index is 10.7. The third-order valence-corrected chi connectivity index (χ3v) is 2.13. The predicted molar refractivity (Wildman–Crippen MR) is 52.0 cm³/mol. The van der Waals surface area contributed by atoms with Gasteiger partial charge in [0.05, 0.1) is 5.97 Å². The fourth-order valence-corrected chi connectivity index (χ4v) is 0.948. The summed E-state index contributed by atoms with van der Waals surface area (Å²) in [6, 6.07) is 0. The van der Waals surface area contributed by atoms with Crippen LogP contribution in [0.15, 0.2) is 24.3 Å². The van der Waals surface area contributed by atoms with Crippen molar-refractivity contribution in [3.05, 3.63) is 24.3 Å². The lowest BCUT2D eigenvalue weighted by molar-refractivity contribution is -0.316. The Bertz CT molecular complexity index is 224. The first-order valence-electron chi connectivity index (χ1n) is 4.41. The summed E-state index contributed by atoms with van der Waals surface area (Å²) < 4.78 is 0. The SMILES string of the molecule is C=CC(C)(CCC=C(C)C)C(=O)[O-]. The molecule has 0 aromatic rings. The van der Waals surface area contributed by atoms with E-state index in [0.717, 1.165) is 6.42 Å². The molecule has 0 spiro atoms. The summed E-state index contributed by atoms with van der Waals surface area (Å²) in [7, 11) is 0. The molecule has 0 aliphatic carbocycles. The zero-order chi connectivity index (χ0) is 10.5. The normalized spacial score (nSPS) is 14.4. The molecule has 0 amide bonds. The van der Waals surface area contributed by atoms with Gasteiger partial charge in [0, 0.05) is 5.41 Å². The first-order chi connectivity index (χ1) is 5.92. The van der Waals surface area contributed by atoms with Gasteiger partial charge in [-0.05, 0) is 26.7 Å². The standard InChI is InChI=1S/C11H18O2/c1-5-11(4,10(12)13)8-6-7-9(2)3/h5,7H,1,6,8H2,2-4H3,(H,12,13)/p-1. The van der Waals surface area contributed by atoms with Crippen LogP contribution < -0.4 is 5.11 Å². The van der Waals surface area contributed by atoms with Crippen LogP contribution in [-0.4, -0.2) is 5.97 Å². The molecule has 2 nitrogen and oxygen atoms in total. The number of carboxylic acid groups (broad SMARTS) is 1. The molecule has 0 aliphatic rings. The molecule has 0 radical (unpaired) electrons. The summed E-state index contributed by atoms with van der Waals surface area (Å²) >= 11 is 0. The molecule has 0 saturated carbocycles. The van der Waals surface area contributed by atoms with Crippen LogP contribution in [0, 0.1) is 5.41 Å². The first kappa shape index (κ1) is 11.9. The van der Waals surface area contributed by atoms with Gasteiger partial charge < -0.3 is 9.90 Å². The maximum Gasteiger partial charge on any atom is 0.0511 e. The highest BCUT2D eigenvalue weighted by atomic mass is 16.4. The molecular formula is C11H17O2-. The van der Waals surface area contributed by atoms with Gasteiger partial charge >= 0.3 is 0 Å². The molecule has 0 aromatic heterocycles. The lowest BCUT2D eigenvalue weighted by atomic mass is 9.85. The number of carbonyl (C=O) groups excluding carboxylic acids is 1. The smallest absolute Gasteiger partial charge is 0.0511 e. The second-order valence-corrected chi connectivity index (χ2v) is 3.73. The number of hydrogen-bond donors (Lipinski definition) is 0. The summed E-state index contributed by atoms with van der Waals surface area (Å²) in [5.74, 6) is -1.05. The van der Waals surface area contributed by atoms with Crippen molar-refractivity contribution in [1.29, 1.82) is 0 Å². The molecule has 0 heterocycles. The van der Waals surface area contributed by atoms with Crippen molar-refractivity contribution in [2.24, 2.45) is 5.41 Å². The van der Waals surface area contributed by atoms with E-state index in [4.69, 9.17) is 0 Å². The minimum Gasteiger partial charge on any atom is -0.549 e. The minimum absolute atomic E-state index is 0.546. The summed E-state index contributed by atoms with van der Waals surface area (Å²) in [5, 5.41) is 10.7. The van der Waals surface area contributed by atoms with Gasteiger partial charge in [-0.3, -0.25) is 0 Å². The Balaban J connectivity index is 4.22. The number of aliphatic carboxylic acids is 1. The zero-order valence-corrected chi connectivity index (χ0v) is 8.59.